The van der Waals surface area contributed by atoms with E-state index in [9.17, 15) is 5.11 Å². The fourth-order valence-electron chi connectivity index (χ4n) is 1.24. The van der Waals surface area contributed by atoms with Gasteiger partial charge >= 0.3 is 0 Å². The predicted octanol–water partition coefficient (Wildman–Crippen LogP) is 3.11. The van der Waals surface area contributed by atoms with E-state index in [0.29, 0.717) is 10.8 Å². The van der Waals surface area contributed by atoms with Crippen LogP contribution in [0.3, 0.4) is 0 Å². The largest absolute Gasteiger partial charge is 0.506 e. The van der Waals surface area contributed by atoms with Gasteiger partial charge in [0.05, 0.1) is 0 Å². The minimum atomic E-state index is 0.139. The van der Waals surface area contributed by atoms with E-state index in [1.807, 2.05) is 30.3 Å². The van der Waals surface area contributed by atoms with E-state index in [4.69, 9.17) is 11.6 Å². The molecule has 3 heteroatoms. The van der Waals surface area contributed by atoms with Crippen LogP contribution in [-0.4, -0.2) is 10.1 Å². The lowest BCUT2D eigenvalue weighted by atomic mass is 10.1. The molecule has 1 aromatic heterocycles. The Morgan fingerprint density at radius 3 is 2.43 bits per heavy atom. The first-order valence-electron chi connectivity index (χ1n) is 4.18. The van der Waals surface area contributed by atoms with Gasteiger partial charge in [0.1, 0.15) is 16.6 Å². The molecule has 1 aromatic carbocycles. The number of hydrogen-bond donors (Lipinski definition) is 1. The molecule has 2 aromatic rings. The van der Waals surface area contributed by atoms with Crippen molar-refractivity contribution < 1.29 is 5.11 Å². The number of rotatable bonds is 1. The van der Waals surface area contributed by atoms with Crippen molar-refractivity contribution in [3.8, 4) is 17.0 Å². The van der Waals surface area contributed by atoms with Crippen LogP contribution in [-0.2, 0) is 0 Å². The summed E-state index contributed by atoms with van der Waals surface area (Å²) in [5.74, 6) is 0.139. The highest BCUT2D eigenvalue weighted by atomic mass is 35.5. The SMILES string of the molecule is Oc1ccc(Cl)nc1-c1ccccc1. The van der Waals surface area contributed by atoms with Crippen LogP contribution in [0.5, 0.6) is 5.75 Å². The highest BCUT2D eigenvalue weighted by Gasteiger charge is 2.05. The quantitative estimate of drug-likeness (QED) is 0.726. The van der Waals surface area contributed by atoms with E-state index in [1.54, 1.807) is 6.07 Å². The summed E-state index contributed by atoms with van der Waals surface area (Å²) in [6.07, 6.45) is 0. The zero-order valence-corrected chi connectivity index (χ0v) is 8.07. The molecule has 0 saturated carbocycles. The van der Waals surface area contributed by atoms with E-state index in [1.165, 1.54) is 6.07 Å². The van der Waals surface area contributed by atoms with Crippen molar-refractivity contribution in [1.29, 1.82) is 0 Å². The van der Waals surface area contributed by atoms with Gasteiger partial charge < -0.3 is 5.11 Å². The molecule has 0 unspecified atom stereocenters. The van der Waals surface area contributed by atoms with Crippen molar-refractivity contribution in [2.75, 3.05) is 0 Å². The van der Waals surface area contributed by atoms with Gasteiger partial charge in [0.2, 0.25) is 0 Å². The van der Waals surface area contributed by atoms with E-state index in [2.05, 4.69) is 4.98 Å². The summed E-state index contributed by atoms with van der Waals surface area (Å²) in [6, 6.07) is 12.5. The summed E-state index contributed by atoms with van der Waals surface area (Å²) in [7, 11) is 0. The van der Waals surface area contributed by atoms with Crippen LogP contribution in [0.25, 0.3) is 11.3 Å². The maximum absolute atomic E-state index is 9.57. The first kappa shape index (κ1) is 9.03. The van der Waals surface area contributed by atoms with Crippen LogP contribution in [0.1, 0.15) is 0 Å². The normalized spacial score (nSPS) is 10.1. The molecule has 70 valence electrons. The van der Waals surface area contributed by atoms with Gasteiger partial charge in [0.15, 0.2) is 0 Å². The molecule has 0 fully saturated rings. The third kappa shape index (κ3) is 1.70. The lowest BCUT2D eigenvalue weighted by Crippen LogP contribution is -1.84. The molecule has 0 aliphatic heterocycles. The predicted molar refractivity (Wildman–Crippen MR) is 56.3 cm³/mol. The Balaban J connectivity index is 2.57. The number of hydrogen-bond acceptors (Lipinski definition) is 2. The van der Waals surface area contributed by atoms with Gasteiger partial charge in [0.25, 0.3) is 0 Å². The van der Waals surface area contributed by atoms with Crippen molar-refractivity contribution in [3.63, 3.8) is 0 Å². The Hall–Kier alpha value is -1.54. The molecule has 2 nitrogen and oxygen atoms in total. The van der Waals surface area contributed by atoms with Gasteiger partial charge in [-0.2, -0.15) is 0 Å². The molecule has 0 spiro atoms. The van der Waals surface area contributed by atoms with Crippen LogP contribution in [0, 0.1) is 0 Å². The Morgan fingerprint density at radius 2 is 1.71 bits per heavy atom. The van der Waals surface area contributed by atoms with E-state index < -0.39 is 0 Å². The second-order valence-corrected chi connectivity index (χ2v) is 3.25. The molecule has 0 aliphatic rings. The maximum atomic E-state index is 9.57. The average molecular weight is 206 g/mol. The summed E-state index contributed by atoms with van der Waals surface area (Å²) in [5.41, 5.74) is 1.37. The second-order valence-electron chi connectivity index (χ2n) is 2.87. The molecule has 1 heterocycles. The summed E-state index contributed by atoms with van der Waals surface area (Å²) >= 11 is 5.74. The third-order valence-electron chi connectivity index (χ3n) is 1.89. The monoisotopic (exact) mass is 205 g/mol. The van der Waals surface area contributed by atoms with Crippen molar-refractivity contribution in [3.05, 3.63) is 47.6 Å². The minimum Gasteiger partial charge on any atom is -0.506 e. The van der Waals surface area contributed by atoms with Crippen molar-refractivity contribution in [1.82, 2.24) is 4.98 Å². The number of nitrogens with zero attached hydrogens (tertiary/aromatic N) is 1. The molecule has 14 heavy (non-hydrogen) atoms. The summed E-state index contributed by atoms with van der Waals surface area (Å²) in [5, 5.41) is 9.94. The molecular formula is C11H8ClNO. The second kappa shape index (κ2) is 3.68. The minimum absolute atomic E-state index is 0.139. The zero-order chi connectivity index (χ0) is 9.97. The van der Waals surface area contributed by atoms with Gasteiger partial charge in [-0.1, -0.05) is 41.9 Å². The number of aromatic hydroxyl groups is 1. The molecule has 0 bridgehead atoms. The van der Waals surface area contributed by atoms with Crippen molar-refractivity contribution in [2.45, 2.75) is 0 Å². The number of pyridine rings is 1. The summed E-state index contributed by atoms with van der Waals surface area (Å²) in [6.45, 7) is 0. The van der Waals surface area contributed by atoms with Gasteiger partial charge in [-0.25, -0.2) is 4.98 Å². The van der Waals surface area contributed by atoms with Crippen molar-refractivity contribution in [2.24, 2.45) is 0 Å². The highest BCUT2D eigenvalue weighted by molar-refractivity contribution is 6.29. The zero-order valence-electron chi connectivity index (χ0n) is 7.31. The van der Waals surface area contributed by atoms with Gasteiger partial charge in [0, 0.05) is 5.56 Å². The molecule has 0 saturated heterocycles. The molecule has 0 radical (unpaired) electrons. The molecular weight excluding hydrogens is 198 g/mol. The first-order valence-corrected chi connectivity index (χ1v) is 4.56. The van der Waals surface area contributed by atoms with Crippen LogP contribution < -0.4 is 0 Å². The Labute approximate surface area is 86.8 Å². The molecule has 1 N–H and O–H groups in total. The Bertz CT molecular complexity index is 442. The average Bonchev–Trinajstić information content (AvgIpc) is 2.23. The van der Waals surface area contributed by atoms with E-state index in [0.717, 1.165) is 5.56 Å². The van der Waals surface area contributed by atoms with Gasteiger partial charge in [-0.05, 0) is 12.1 Å². The van der Waals surface area contributed by atoms with Crippen molar-refractivity contribution >= 4 is 11.6 Å². The van der Waals surface area contributed by atoms with Crippen LogP contribution in [0.4, 0.5) is 0 Å². The molecule has 0 aliphatic carbocycles. The number of benzene rings is 1. The molecule has 0 amide bonds. The molecule has 2 rings (SSSR count). The topological polar surface area (TPSA) is 33.1 Å². The highest BCUT2D eigenvalue weighted by Crippen LogP contribution is 2.27. The Morgan fingerprint density at radius 1 is 1.00 bits per heavy atom. The molecule has 0 atom stereocenters. The van der Waals surface area contributed by atoms with Crippen LogP contribution in [0.15, 0.2) is 42.5 Å². The van der Waals surface area contributed by atoms with Gasteiger partial charge in [-0.3, -0.25) is 0 Å². The third-order valence-corrected chi connectivity index (χ3v) is 2.10. The lowest BCUT2D eigenvalue weighted by Gasteiger charge is -2.03. The number of aromatic nitrogens is 1. The lowest BCUT2D eigenvalue weighted by molar-refractivity contribution is 0.475. The van der Waals surface area contributed by atoms with Crippen LogP contribution >= 0.6 is 11.6 Å². The Kier molecular flexibility index (Phi) is 2.37. The fraction of sp³-hybridized carbons (Fsp3) is 0. The standard InChI is InChI=1S/C11H8ClNO/c12-10-7-6-9(14)11(13-10)8-4-2-1-3-5-8/h1-7,14H. The summed E-state index contributed by atoms with van der Waals surface area (Å²) in [4.78, 5) is 4.06. The van der Waals surface area contributed by atoms with E-state index >= 15 is 0 Å². The first-order chi connectivity index (χ1) is 6.77. The van der Waals surface area contributed by atoms with Crippen LogP contribution in [0.2, 0.25) is 5.15 Å². The fourth-order valence-corrected chi connectivity index (χ4v) is 1.38. The van der Waals surface area contributed by atoms with Gasteiger partial charge in [-0.15, -0.1) is 0 Å². The van der Waals surface area contributed by atoms with E-state index in [-0.39, 0.29) is 5.75 Å². The summed E-state index contributed by atoms with van der Waals surface area (Å²) < 4.78 is 0. The number of halogens is 1. The smallest absolute Gasteiger partial charge is 0.141 e. The maximum Gasteiger partial charge on any atom is 0.141 e.